The van der Waals surface area contributed by atoms with E-state index in [1.165, 1.54) is 18.2 Å². The fourth-order valence-electron chi connectivity index (χ4n) is 2.50. The number of rotatable bonds is 4. The summed E-state index contributed by atoms with van der Waals surface area (Å²) in [7, 11) is 0. The van der Waals surface area contributed by atoms with Crippen molar-refractivity contribution in [2.45, 2.75) is 38.9 Å². The summed E-state index contributed by atoms with van der Waals surface area (Å²) in [6.45, 7) is 3.50. The van der Waals surface area contributed by atoms with Crippen molar-refractivity contribution in [2.75, 3.05) is 0 Å². The molecule has 0 saturated carbocycles. The Bertz CT molecular complexity index is 677. The van der Waals surface area contributed by atoms with Gasteiger partial charge in [0, 0.05) is 6.04 Å². The number of carbonyl (C=O) groups is 1. The lowest BCUT2D eigenvalue weighted by molar-refractivity contribution is -0.147. The number of hydrogen-bond donors (Lipinski definition) is 1. The molecule has 0 bridgehead atoms. The van der Waals surface area contributed by atoms with Crippen molar-refractivity contribution in [3.63, 3.8) is 0 Å². The van der Waals surface area contributed by atoms with Crippen molar-refractivity contribution in [1.82, 2.24) is 9.55 Å². The van der Waals surface area contributed by atoms with E-state index in [0.29, 0.717) is 12.8 Å². The lowest BCUT2D eigenvalue weighted by atomic mass is 10.1. The smallest absolute Gasteiger partial charge is 0.449 e. The summed E-state index contributed by atoms with van der Waals surface area (Å²) in [5.41, 5.74) is -0.0955. The van der Waals surface area contributed by atoms with Crippen molar-refractivity contribution in [1.29, 1.82) is 0 Å². The maximum atomic E-state index is 13.2. The zero-order valence-corrected chi connectivity index (χ0v) is 11.6. The Kier molecular flexibility index (Phi) is 3.93. The molecule has 4 nitrogen and oxygen atoms in total. The molecule has 0 aliphatic rings. The molecule has 21 heavy (non-hydrogen) atoms. The molecule has 0 aliphatic carbocycles. The van der Waals surface area contributed by atoms with Crippen LogP contribution in [-0.4, -0.2) is 20.6 Å². The molecule has 1 aromatic carbocycles. The highest BCUT2D eigenvalue weighted by Gasteiger charge is 2.39. The molecule has 0 amide bonds. The third kappa shape index (κ3) is 2.72. The van der Waals surface area contributed by atoms with E-state index in [9.17, 15) is 23.1 Å². The van der Waals surface area contributed by atoms with Crippen LogP contribution in [0.2, 0.25) is 0 Å². The Morgan fingerprint density at radius 3 is 2.62 bits per heavy atom. The van der Waals surface area contributed by atoms with Gasteiger partial charge in [0.1, 0.15) is 0 Å². The summed E-state index contributed by atoms with van der Waals surface area (Å²) in [5.74, 6) is -2.31. The zero-order chi connectivity index (χ0) is 15.8. The van der Waals surface area contributed by atoms with Gasteiger partial charge in [0.05, 0.1) is 16.6 Å². The molecular formula is C14H15F3N2O2. The van der Waals surface area contributed by atoms with Gasteiger partial charge in [0.15, 0.2) is 0 Å². The quantitative estimate of drug-likeness (QED) is 0.924. The van der Waals surface area contributed by atoms with Gasteiger partial charge < -0.3 is 9.67 Å². The Morgan fingerprint density at radius 1 is 1.43 bits per heavy atom. The Morgan fingerprint density at radius 2 is 2.10 bits per heavy atom. The highest BCUT2D eigenvalue weighted by Crippen LogP contribution is 2.35. The minimum absolute atomic E-state index is 0.0262. The van der Waals surface area contributed by atoms with E-state index in [0.717, 1.165) is 4.57 Å². The third-order valence-electron chi connectivity index (χ3n) is 3.34. The maximum Gasteiger partial charge on any atom is 0.449 e. The van der Waals surface area contributed by atoms with Crippen LogP contribution < -0.4 is 0 Å². The molecular weight excluding hydrogens is 285 g/mol. The lowest BCUT2D eigenvalue weighted by Crippen LogP contribution is -2.18. The van der Waals surface area contributed by atoms with E-state index >= 15 is 0 Å². The SMILES string of the molecule is CCCC(C)n1c(C(F)(F)F)nc2cccc(C(=O)O)c21. The Hall–Kier alpha value is -2.05. The van der Waals surface area contributed by atoms with Gasteiger partial charge in [-0.15, -0.1) is 0 Å². The molecule has 7 heteroatoms. The molecule has 0 saturated heterocycles. The minimum Gasteiger partial charge on any atom is -0.478 e. The predicted molar refractivity (Wildman–Crippen MR) is 71.3 cm³/mol. The number of carboxylic acids is 1. The summed E-state index contributed by atoms with van der Waals surface area (Å²) >= 11 is 0. The van der Waals surface area contributed by atoms with Crippen LogP contribution in [-0.2, 0) is 6.18 Å². The number of hydrogen-bond acceptors (Lipinski definition) is 2. The first kappa shape index (κ1) is 15.3. The molecule has 1 N–H and O–H groups in total. The van der Waals surface area contributed by atoms with Gasteiger partial charge in [-0.05, 0) is 25.5 Å². The first-order valence-corrected chi connectivity index (χ1v) is 6.58. The highest BCUT2D eigenvalue weighted by molar-refractivity contribution is 6.01. The average molecular weight is 300 g/mol. The first-order valence-electron chi connectivity index (χ1n) is 6.58. The molecule has 1 atom stereocenters. The number of alkyl halides is 3. The van der Waals surface area contributed by atoms with Gasteiger partial charge in [-0.3, -0.25) is 0 Å². The fraction of sp³-hybridized carbons (Fsp3) is 0.429. The summed E-state index contributed by atoms with van der Waals surface area (Å²) < 4.78 is 40.6. The van der Waals surface area contributed by atoms with E-state index in [4.69, 9.17) is 0 Å². The molecule has 114 valence electrons. The first-order chi connectivity index (χ1) is 9.77. The van der Waals surface area contributed by atoms with Crippen LogP contribution in [0.5, 0.6) is 0 Å². The molecule has 2 rings (SSSR count). The number of nitrogens with zero attached hydrogens (tertiary/aromatic N) is 2. The second kappa shape index (κ2) is 5.38. The molecule has 1 unspecified atom stereocenters. The standard InChI is InChI=1S/C14H15F3N2O2/c1-3-5-8(2)19-11-9(12(20)21)6-4-7-10(11)18-13(19)14(15,16)17/h4,6-8H,3,5H2,1-2H3,(H,20,21). The monoisotopic (exact) mass is 300 g/mol. The van der Waals surface area contributed by atoms with Gasteiger partial charge in [-0.25, -0.2) is 9.78 Å². The molecule has 0 fully saturated rings. The van der Waals surface area contributed by atoms with Gasteiger partial charge in [0.2, 0.25) is 5.82 Å². The number of aromatic carboxylic acids is 1. The normalized spacial score (nSPS) is 13.6. The summed E-state index contributed by atoms with van der Waals surface area (Å²) in [4.78, 5) is 14.9. The van der Waals surface area contributed by atoms with Gasteiger partial charge in [-0.2, -0.15) is 13.2 Å². The summed E-state index contributed by atoms with van der Waals surface area (Å²) in [6.07, 6.45) is -3.44. The topological polar surface area (TPSA) is 55.1 Å². The van der Waals surface area contributed by atoms with Crippen molar-refractivity contribution >= 4 is 17.0 Å². The molecule has 1 heterocycles. The van der Waals surface area contributed by atoms with Crippen molar-refractivity contribution in [3.8, 4) is 0 Å². The predicted octanol–water partition coefficient (Wildman–Crippen LogP) is 4.11. The number of fused-ring (bicyclic) bond motifs is 1. The van der Waals surface area contributed by atoms with Crippen LogP contribution >= 0.6 is 0 Å². The van der Waals surface area contributed by atoms with Crippen molar-refractivity contribution < 1.29 is 23.1 Å². The summed E-state index contributed by atoms with van der Waals surface area (Å²) in [5, 5.41) is 9.21. The van der Waals surface area contributed by atoms with E-state index in [1.54, 1.807) is 6.92 Å². The Labute approximate surface area is 119 Å². The number of aromatic nitrogens is 2. The summed E-state index contributed by atoms with van der Waals surface area (Å²) in [6, 6.07) is 3.60. The van der Waals surface area contributed by atoms with Gasteiger partial charge in [-0.1, -0.05) is 19.4 Å². The van der Waals surface area contributed by atoms with E-state index in [1.807, 2.05) is 6.92 Å². The second-order valence-electron chi connectivity index (χ2n) is 4.92. The highest BCUT2D eigenvalue weighted by atomic mass is 19.4. The molecule has 0 aliphatic heterocycles. The van der Waals surface area contributed by atoms with Crippen LogP contribution in [0.4, 0.5) is 13.2 Å². The number of benzene rings is 1. The second-order valence-corrected chi connectivity index (χ2v) is 4.92. The molecule has 1 aromatic heterocycles. The Balaban J connectivity index is 2.83. The number of para-hydroxylation sites is 1. The minimum atomic E-state index is -4.63. The number of halogens is 3. The van der Waals surface area contributed by atoms with Crippen LogP contribution in [0.15, 0.2) is 18.2 Å². The number of carboxylic acid groups (broad SMARTS) is 1. The molecule has 2 aromatic rings. The fourth-order valence-corrected chi connectivity index (χ4v) is 2.50. The van der Waals surface area contributed by atoms with Gasteiger partial charge >= 0.3 is 12.1 Å². The van der Waals surface area contributed by atoms with Crippen molar-refractivity contribution in [3.05, 3.63) is 29.6 Å². The van der Waals surface area contributed by atoms with E-state index in [-0.39, 0.29) is 16.6 Å². The van der Waals surface area contributed by atoms with Crippen LogP contribution in [0, 0.1) is 0 Å². The molecule has 0 radical (unpaired) electrons. The van der Waals surface area contributed by atoms with E-state index < -0.39 is 24.0 Å². The average Bonchev–Trinajstić information content (AvgIpc) is 2.77. The largest absolute Gasteiger partial charge is 0.478 e. The van der Waals surface area contributed by atoms with Crippen LogP contribution in [0.25, 0.3) is 11.0 Å². The van der Waals surface area contributed by atoms with Gasteiger partial charge in [0.25, 0.3) is 0 Å². The van der Waals surface area contributed by atoms with Crippen molar-refractivity contribution in [2.24, 2.45) is 0 Å². The molecule has 0 spiro atoms. The maximum absolute atomic E-state index is 13.2. The third-order valence-corrected chi connectivity index (χ3v) is 3.34. The van der Waals surface area contributed by atoms with E-state index in [2.05, 4.69) is 4.98 Å². The zero-order valence-electron chi connectivity index (χ0n) is 11.6. The van der Waals surface area contributed by atoms with Crippen LogP contribution in [0.3, 0.4) is 0 Å². The number of imidazole rings is 1. The van der Waals surface area contributed by atoms with Crippen LogP contribution in [0.1, 0.15) is 48.9 Å². The lowest BCUT2D eigenvalue weighted by Gasteiger charge is -2.18.